The molecular formula is C12H21NO2. The van der Waals surface area contributed by atoms with E-state index in [9.17, 15) is 0 Å². The molecule has 86 valence electrons. The minimum Gasteiger partial charge on any atom is -0.465 e. The molecule has 3 nitrogen and oxygen atoms in total. The zero-order chi connectivity index (χ0) is 11.1. The Morgan fingerprint density at radius 1 is 1.20 bits per heavy atom. The number of hydrogen-bond donors (Lipinski definition) is 0. The Bertz CT molecular complexity index is 264. The molecule has 2 rings (SSSR count). The average molecular weight is 211 g/mol. The Kier molecular flexibility index (Phi) is 5.43. The average Bonchev–Trinajstić information content (AvgIpc) is 2.68. The van der Waals surface area contributed by atoms with Crippen LogP contribution in [0.25, 0.3) is 0 Å². The van der Waals surface area contributed by atoms with E-state index >= 15 is 0 Å². The van der Waals surface area contributed by atoms with Crippen molar-refractivity contribution in [3.8, 4) is 0 Å². The molecule has 0 radical (unpaired) electrons. The predicted molar refractivity (Wildman–Crippen MR) is 60.9 cm³/mol. The van der Waals surface area contributed by atoms with Crippen LogP contribution in [0.3, 0.4) is 0 Å². The lowest BCUT2D eigenvalue weighted by molar-refractivity contribution is 0.0312. The summed E-state index contributed by atoms with van der Waals surface area (Å²) in [6.07, 6.45) is 0. The normalized spacial score (nSPS) is 17.0. The van der Waals surface area contributed by atoms with Crippen LogP contribution in [0.4, 0.5) is 0 Å². The molecule has 0 amide bonds. The van der Waals surface area contributed by atoms with Crippen molar-refractivity contribution in [3.63, 3.8) is 0 Å². The summed E-state index contributed by atoms with van der Waals surface area (Å²) >= 11 is 0. The standard InChI is InChI=1S/C10H15NO2.C2H6/c1-9-2-3-10(13-9)8-11-4-6-12-7-5-11;1-2/h2-3H,4-8H2,1H3;1-2H3. The molecule has 1 aromatic rings. The first-order valence-electron chi connectivity index (χ1n) is 5.70. The van der Waals surface area contributed by atoms with E-state index in [1.54, 1.807) is 0 Å². The predicted octanol–water partition coefficient (Wildman–Crippen LogP) is 2.45. The lowest BCUT2D eigenvalue weighted by Crippen LogP contribution is -2.35. The molecule has 1 aliphatic rings. The van der Waals surface area contributed by atoms with Gasteiger partial charge in [-0.1, -0.05) is 13.8 Å². The lowest BCUT2D eigenvalue weighted by Gasteiger charge is -2.25. The van der Waals surface area contributed by atoms with Gasteiger partial charge in [-0.3, -0.25) is 4.90 Å². The maximum atomic E-state index is 5.50. The van der Waals surface area contributed by atoms with Gasteiger partial charge in [-0.15, -0.1) is 0 Å². The van der Waals surface area contributed by atoms with Crippen LogP contribution < -0.4 is 0 Å². The molecule has 0 unspecified atom stereocenters. The van der Waals surface area contributed by atoms with Crippen LogP contribution >= 0.6 is 0 Å². The van der Waals surface area contributed by atoms with Crippen molar-refractivity contribution in [3.05, 3.63) is 23.7 Å². The van der Waals surface area contributed by atoms with Gasteiger partial charge < -0.3 is 9.15 Å². The molecule has 0 N–H and O–H groups in total. The molecule has 1 fully saturated rings. The zero-order valence-electron chi connectivity index (χ0n) is 9.95. The number of nitrogens with zero attached hydrogens (tertiary/aromatic N) is 1. The second-order valence-electron chi connectivity index (χ2n) is 3.40. The van der Waals surface area contributed by atoms with E-state index in [-0.39, 0.29) is 0 Å². The highest BCUT2D eigenvalue weighted by Gasteiger charge is 2.11. The highest BCUT2D eigenvalue weighted by Crippen LogP contribution is 2.10. The first-order valence-corrected chi connectivity index (χ1v) is 5.70. The van der Waals surface area contributed by atoms with E-state index in [1.807, 2.05) is 32.9 Å². The van der Waals surface area contributed by atoms with E-state index < -0.39 is 0 Å². The smallest absolute Gasteiger partial charge is 0.118 e. The molecule has 1 aliphatic heterocycles. The third-order valence-electron chi connectivity index (χ3n) is 2.28. The Morgan fingerprint density at radius 3 is 2.40 bits per heavy atom. The first-order chi connectivity index (χ1) is 7.34. The summed E-state index contributed by atoms with van der Waals surface area (Å²) in [5.41, 5.74) is 0. The highest BCUT2D eigenvalue weighted by molar-refractivity contribution is 5.05. The Balaban J connectivity index is 0.000000531. The second kappa shape index (κ2) is 6.64. The van der Waals surface area contributed by atoms with E-state index in [2.05, 4.69) is 4.90 Å². The molecule has 1 saturated heterocycles. The van der Waals surface area contributed by atoms with Gasteiger partial charge in [0.05, 0.1) is 19.8 Å². The summed E-state index contributed by atoms with van der Waals surface area (Å²) < 4.78 is 10.8. The lowest BCUT2D eigenvalue weighted by atomic mass is 10.3. The number of furan rings is 1. The Hall–Kier alpha value is -0.800. The van der Waals surface area contributed by atoms with Gasteiger partial charge >= 0.3 is 0 Å². The fourth-order valence-electron chi connectivity index (χ4n) is 1.55. The summed E-state index contributed by atoms with van der Waals surface area (Å²) in [5, 5.41) is 0. The van der Waals surface area contributed by atoms with Gasteiger partial charge in [-0.25, -0.2) is 0 Å². The molecule has 0 aliphatic carbocycles. The third-order valence-corrected chi connectivity index (χ3v) is 2.28. The highest BCUT2D eigenvalue weighted by atomic mass is 16.5. The fraction of sp³-hybridized carbons (Fsp3) is 0.667. The number of morpholine rings is 1. The molecular weight excluding hydrogens is 190 g/mol. The monoisotopic (exact) mass is 211 g/mol. The van der Waals surface area contributed by atoms with Gasteiger partial charge in [-0.05, 0) is 19.1 Å². The van der Waals surface area contributed by atoms with E-state index in [0.29, 0.717) is 0 Å². The summed E-state index contributed by atoms with van der Waals surface area (Å²) in [6.45, 7) is 10.6. The van der Waals surface area contributed by atoms with Crippen molar-refractivity contribution in [2.75, 3.05) is 26.3 Å². The molecule has 1 aromatic heterocycles. The van der Waals surface area contributed by atoms with Gasteiger partial charge in [0.15, 0.2) is 0 Å². The van der Waals surface area contributed by atoms with Crippen molar-refractivity contribution >= 4 is 0 Å². The third kappa shape index (κ3) is 4.06. The molecule has 0 aromatic carbocycles. The molecule has 0 atom stereocenters. The number of aryl methyl sites for hydroxylation is 1. The quantitative estimate of drug-likeness (QED) is 0.751. The molecule has 15 heavy (non-hydrogen) atoms. The number of hydrogen-bond acceptors (Lipinski definition) is 3. The molecule has 0 saturated carbocycles. The summed E-state index contributed by atoms with van der Waals surface area (Å²) in [4.78, 5) is 2.35. The largest absolute Gasteiger partial charge is 0.465 e. The SMILES string of the molecule is CC.Cc1ccc(CN2CCOCC2)o1. The van der Waals surface area contributed by atoms with Crippen molar-refractivity contribution in [1.29, 1.82) is 0 Å². The van der Waals surface area contributed by atoms with Gasteiger partial charge in [0.25, 0.3) is 0 Å². The fourth-order valence-corrected chi connectivity index (χ4v) is 1.55. The Labute approximate surface area is 92.0 Å². The van der Waals surface area contributed by atoms with Gasteiger partial charge in [0, 0.05) is 13.1 Å². The second-order valence-corrected chi connectivity index (χ2v) is 3.40. The van der Waals surface area contributed by atoms with Gasteiger partial charge in [0.1, 0.15) is 11.5 Å². The Morgan fingerprint density at radius 2 is 1.87 bits per heavy atom. The van der Waals surface area contributed by atoms with Crippen LogP contribution in [0.2, 0.25) is 0 Å². The van der Waals surface area contributed by atoms with Crippen LogP contribution in [0.15, 0.2) is 16.5 Å². The van der Waals surface area contributed by atoms with Gasteiger partial charge in [-0.2, -0.15) is 0 Å². The summed E-state index contributed by atoms with van der Waals surface area (Å²) in [7, 11) is 0. The van der Waals surface area contributed by atoms with Crippen molar-refractivity contribution in [2.45, 2.75) is 27.3 Å². The number of rotatable bonds is 2. The van der Waals surface area contributed by atoms with Crippen LogP contribution in [0.1, 0.15) is 25.4 Å². The van der Waals surface area contributed by atoms with Crippen LogP contribution in [-0.4, -0.2) is 31.2 Å². The molecule has 0 spiro atoms. The maximum Gasteiger partial charge on any atom is 0.118 e. The molecule has 2 heterocycles. The van der Waals surface area contributed by atoms with Crippen LogP contribution in [-0.2, 0) is 11.3 Å². The van der Waals surface area contributed by atoms with Crippen molar-refractivity contribution in [2.24, 2.45) is 0 Å². The first kappa shape index (κ1) is 12.3. The minimum absolute atomic E-state index is 0.847. The molecule has 0 bridgehead atoms. The zero-order valence-corrected chi connectivity index (χ0v) is 9.95. The summed E-state index contributed by atoms with van der Waals surface area (Å²) in [6, 6.07) is 4.06. The van der Waals surface area contributed by atoms with E-state index in [4.69, 9.17) is 9.15 Å². The molecule has 3 heteroatoms. The number of ether oxygens (including phenoxy) is 1. The van der Waals surface area contributed by atoms with Crippen LogP contribution in [0.5, 0.6) is 0 Å². The maximum absolute atomic E-state index is 5.50. The van der Waals surface area contributed by atoms with Crippen molar-refractivity contribution < 1.29 is 9.15 Å². The van der Waals surface area contributed by atoms with E-state index in [0.717, 1.165) is 44.4 Å². The summed E-state index contributed by atoms with van der Waals surface area (Å²) in [5.74, 6) is 2.04. The van der Waals surface area contributed by atoms with Gasteiger partial charge in [0.2, 0.25) is 0 Å². The van der Waals surface area contributed by atoms with Crippen molar-refractivity contribution in [1.82, 2.24) is 4.90 Å². The minimum atomic E-state index is 0.847. The topological polar surface area (TPSA) is 25.6 Å². The van der Waals surface area contributed by atoms with E-state index in [1.165, 1.54) is 0 Å². The van der Waals surface area contributed by atoms with Crippen LogP contribution in [0, 0.1) is 6.92 Å².